The van der Waals surface area contributed by atoms with Crippen LogP contribution in [0.25, 0.3) is 0 Å². The van der Waals surface area contributed by atoms with E-state index in [-0.39, 0.29) is 13.0 Å². The highest BCUT2D eigenvalue weighted by Gasteiger charge is 2.73. The molecule has 0 spiro atoms. The Morgan fingerprint density at radius 1 is 1.25 bits per heavy atom. The molecule has 126 valence electrons. The van der Waals surface area contributed by atoms with Gasteiger partial charge in [-0.15, -0.1) is 0 Å². The van der Waals surface area contributed by atoms with E-state index in [2.05, 4.69) is 11.9 Å². The van der Waals surface area contributed by atoms with E-state index in [1.165, 1.54) is 0 Å². The Morgan fingerprint density at radius 2 is 1.92 bits per heavy atom. The summed E-state index contributed by atoms with van der Waals surface area (Å²) in [5.74, 6) is -4.26. The lowest BCUT2D eigenvalue weighted by Gasteiger charge is -2.28. The summed E-state index contributed by atoms with van der Waals surface area (Å²) in [6.45, 7) is 3.77. The monoisotopic (exact) mass is 331 g/mol. The Balaban J connectivity index is 1.71. The quantitative estimate of drug-likeness (QED) is 0.707. The van der Waals surface area contributed by atoms with Gasteiger partial charge in [-0.2, -0.15) is 0 Å². The highest BCUT2D eigenvalue weighted by Crippen LogP contribution is 2.64. The van der Waals surface area contributed by atoms with E-state index in [1.807, 2.05) is 6.07 Å². The predicted molar refractivity (Wildman–Crippen MR) is 82.0 cm³/mol. The van der Waals surface area contributed by atoms with Crippen molar-refractivity contribution in [3.63, 3.8) is 0 Å². The minimum Gasteiger partial charge on any atom is -0.481 e. The second-order valence-corrected chi connectivity index (χ2v) is 6.21. The van der Waals surface area contributed by atoms with Crippen molar-refractivity contribution in [1.29, 1.82) is 0 Å². The van der Waals surface area contributed by atoms with Crippen LogP contribution in [0.5, 0.6) is 0 Å². The van der Waals surface area contributed by atoms with Gasteiger partial charge >= 0.3 is 18.0 Å². The Labute approximate surface area is 137 Å². The van der Waals surface area contributed by atoms with E-state index in [4.69, 9.17) is 4.74 Å². The molecule has 2 fully saturated rings. The van der Waals surface area contributed by atoms with Gasteiger partial charge in [0.1, 0.15) is 12.1 Å². The van der Waals surface area contributed by atoms with Crippen molar-refractivity contribution in [1.82, 2.24) is 5.32 Å². The van der Waals surface area contributed by atoms with Gasteiger partial charge in [-0.1, -0.05) is 42.5 Å². The van der Waals surface area contributed by atoms with Crippen LogP contribution in [0.2, 0.25) is 0 Å². The van der Waals surface area contributed by atoms with Crippen molar-refractivity contribution in [2.45, 2.75) is 18.6 Å². The molecule has 2 aliphatic rings. The third-order valence-corrected chi connectivity index (χ3v) is 4.77. The number of benzene rings is 1. The number of ether oxygens (including phenoxy) is 1. The number of aliphatic carboxylic acids is 2. The fraction of sp³-hybridized carbons (Fsp3) is 0.353. The molecule has 24 heavy (non-hydrogen) atoms. The number of carbonyl (C=O) groups excluding carboxylic acids is 1. The summed E-state index contributed by atoms with van der Waals surface area (Å²) in [5.41, 5.74) is -0.364. The van der Waals surface area contributed by atoms with E-state index < -0.39 is 41.3 Å². The summed E-state index contributed by atoms with van der Waals surface area (Å²) < 4.78 is 5.07. The van der Waals surface area contributed by atoms with E-state index in [0.717, 1.165) is 5.56 Å². The molecule has 2 saturated carbocycles. The number of nitrogens with one attached hydrogen (secondary N) is 1. The van der Waals surface area contributed by atoms with E-state index in [9.17, 15) is 24.6 Å². The van der Waals surface area contributed by atoms with Crippen molar-refractivity contribution in [2.75, 3.05) is 0 Å². The van der Waals surface area contributed by atoms with Gasteiger partial charge in [-0.05, 0) is 11.5 Å². The second kappa shape index (κ2) is 5.67. The summed E-state index contributed by atoms with van der Waals surface area (Å²) in [6, 6.07) is 8.96. The first-order valence-corrected chi connectivity index (χ1v) is 7.49. The van der Waals surface area contributed by atoms with Gasteiger partial charge in [-0.3, -0.25) is 4.79 Å². The minimum atomic E-state index is -1.67. The number of alkyl carbamates (subject to hydrolysis) is 1. The number of carboxylic acid groups (broad SMARTS) is 2. The summed E-state index contributed by atoms with van der Waals surface area (Å²) in [7, 11) is 0. The maximum atomic E-state index is 12.1. The molecular formula is C17H17NO6. The largest absolute Gasteiger partial charge is 0.481 e. The summed E-state index contributed by atoms with van der Waals surface area (Å²) in [6.07, 6.45) is -0.868. The molecule has 0 heterocycles. The van der Waals surface area contributed by atoms with Crippen molar-refractivity contribution in [3.05, 3.63) is 48.0 Å². The zero-order valence-corrected chi connectivity index (χ0v) is 12.8. The molecule has 0 aromatic heterocycles. The molecule has 0 aliphatic heterocycles. The molecule has 7 heteroatoms. The molecule has 1 amide bonds. The van der Waals surface area contributed by atoms with Gasteiger partial charge in [0, 0.05) is 12.3 Å². The van der Waals surface area contributed by atoms with Crippen LogP contribution in [0.15, 0.2) is 42.5 Å². The van der Waals surface area contributed by atoms with Crippen LogP contribution in [-0.2, 0) is 20.9 Å². The number of carbonyl (C=O) groups is 3. The smallest absolute Gasteiger partial charge is 0.408 e. The lowest BCUT2D eigenvalue weighted by atomic mass is 9.89. The van der Waals surface area contributed by atoms with Gasteiger partial charge in [0.15, 0.2) is 0 Å². The van der Waals surface area contributed by atoms with Crippen LogP contribution in [0.3, 0.4) is 0 Å². The predicted octanol–water partition coefficient (Wildman–Crippen LogP) is 1.64. The van der Waals surface area contributed by atoms with Gasteiger partial charge in [0.25, 0.3) is 0 Å². The summed E-state index contributed by atoms with van der Waals surface area (Å²) in [4.78, 5) is 35.1. The van der Waals surface area contributed by atoms with E-state index in [0.29, 0.717) is 5.57 Å². The van der Waals surface area contributed by atoms with Gasteiger partial charge < -0.3 is 20.3 Å². The molecule has 0 radical (unpaired) electrons. The zero-order chi connectivity index (χ0) is 17.5. The molecule has 0 bridgehead atoms. The van der Waals surface area contributed by atoms with Gasteiger partial charge in [-0.25, -0.2) is 9.59 Å². The Morgan fingerprint density at radius 3 is 2.46 bits per heavy atom. The number of fused-ring (bicyclic) bond motifs is 1. The molecule has 1 aromatic carbocycles. The van der Waals surface area contributed by atoms with Crippen LogP contribution in [0.1, 0.15) is 12.0 Å². The van der Waals surface area contributed by atoms with Crippen molar-refractivity contribution in [3.8, 4) is 0 Å². The lowest BCUT2D eigenvalue weighted by molar-refractivity contribution is -0.146. The molecular weight excluding hydrogens is 314 g/mol. The topological polar surface area (TPSA) is 113 Å². The van der Waals surface area contributed by atoms with E-state index >= 15 is 0 Å². The van der Waals surface area contributed by atoms with E-state index in [1.54, 1.807) is 24.3 Å². The fourth-order valence-corrected chi connectivity index (χ4v) is 3.67. The molecule has 7 nitrogen and oxygen atoms in total. The number of hydrogen-bond donors (Lipinski definition) is 3. The molecule has 1 aromatic rings. The lowest BCUT2D eigenvalue weighted by Crippen LogP contribution is -2.56. The summed E-state index contributed by atoms with van der Waals surface area (Å²) in [5, 5.41) is 21.2. The molecule has 4 unspecified atom stereocenters. The zero-order valence-electron chi connectivity index (χ0n) is 12.8. The number of amides is 1. The van der Waals surface area contributed by atoms with Crippen LogP contribution in [-0.4, -0.2) is 33.8 Å². The van der Waals surface area contributed by atoms with Crippen LogP contribution >= 0.6 is 0 Å². The standard InChI is InChI=1S/C17H17NO6/c1-9-7-17(15(21)22,13-11(9)12(13)14(19)20)18-16(23)24-8-10-5-3-2-4-6-10/h2-6,11-13H,1,7-8H2,(H,18,23)(H,19,20)(H,21,22). The molecule has 0 saturated heterocycles. The normalized spacial score (nSPS) is 30.3. The van der Waals surface area contributed by atoms with Crippen molar-refractivity contribution < 1.29 is 29.3 Å². The SMILES string of the molecule is C=C1CC(NC(=O)OCc2ccccc2)(C(=O)O)C2C1C2C(=O)O. The molecule has 4 atom stereocenters. The fourth-order valence-electron chi connectivity index (χ4n) is 3.67. The first-order valence-electron chi connectivity index (χ1n) is 7.49. The van der Waals surface area contributed by atoms with Crippen LogP contribution in [0, 0.1) is 17.8 Å². The number of hydrogen-bond acceptors (Lipinski definition) is 4. The summed E-state index contributed by atoms with van der Waals surface area (Å²) >= 11 is 0. The third kappa shape index (κ3) is 2.51. The average molecular weight is 331 g/mol. The first kappa shape index (κ1) is 16.0. The Bertz CT molecular complexity index is 711. The Kier molecular flexibility index (Phi) is 3.79. The average Bonchev–Trinajstić information content (AvgIpc) is 3.23. The van der Waals surface area contributed by atoms with Gasteiger partial charge in [0.05, 0.1) is 5.92 Å². The van der Waals surface area contributed by atoms with Crippen molar-refractivity contribution >= 4 is 18.0 Å². The highest BCUT2D eigenvalue weighted by atomic mass is 16.5. The van der Waals surface area contributed by atoms with Crippen LogP contribution in [0.4, 0.5) is 4.79 Å². The number of carboxylic acids is 2. The molecule has 3 N–H and O–H groups in total. The first-order chi connectivity index (χ1) is 11.4. The van der Waals surface area contributed by atoms with Crippen molar-refractivity contribution in [2.24, 2.45) is 17.8 Å². The number of rotatable bonds is 5. The van der Waals surface area contributed by atoms with Crippen LogP contribution < -0.4 is 5.32 Å². The maximum absolute atomic E-state index is 12.1. The molecule has 3 rings (SSSR count). The third-order valence-electron chi connectivity index (χ3n) is 4.77. The Hall–Kier alpha value is -2.83. The maximum Gasteiger partial charge on any atom is 0.408 e. The highest BCUT2D eigenvalue weighted by molar-refractivity contribution is 5.90. The van der Waals surface area contributed by atoms with Gasteiger partial charge in [0.2, 0.25) is 0 Å². The second-order valence-electron chi connectivity index (χ2n) is 6.21. The molecule has 2 aliphatic carbocycles. The minimum absolute atomic E-state index is 0.000225.